The van der Waals surface area contributed by atoms with Gasteiger partial charge < -0.3 is 15.3 Å². The highest BCUT2D eigenvalue weighted by Gasteiger charge is 2.09. The first-order chi connectivity index (χ1) is 8.90. The molecule has 0 aliphatic carbocycles. The van der Waals surface area contributed by atoms with Crippen LogP contribution >= 0.6 is 0 Å². The maximum atomic E-state index is 9.52. The van der Waals surface area contributed by atoms with Crippen molar-refractivity contribution in [3.8, 4) is 0 Å². The van der Waals surface area contributed by atoms with Gasteiger partial charge in [-0.15, -0.1) is 0 Å². The number of aliphatic hydroxyl groups is 1. The Balaban J connectivity index is 2.79. The lowest BCUT2D eigenvalue weighted by atomic mass is 10.1. The lowest BCUT2D eigenvalue weighted by Crippen LogP contribution is -2.28. The van der Waals surface area contributed by atoms with Crippen LogP contribution in [0.2, 0.25) is 0 Å². The minimum atomic E-state index is -0.317. The van der Waals surface area contributed by atoms with Crippen LogP contribution in [0.25, 0.3) is 0 Å². The first-order valence-electron chi connectivity index (χ1n) is 7.09. The van der Waals surface area contributed by atoms with Crippen molar-refractivity contribution in [2.45, 2.75) is 40.3 Å². The highest BCUT2D eigenvalue weighted by Crippen LogP contribution is 2.21. The van der Waals surface area contributed by atoms with Crippen molar-refractivity contribution in [3.05, 3.63) is 29.3 Å². The Bertz CT molecular complexity index is 388. The highest BCUT2D eigenvalue weighted by molar-refractivity contribution is 5.54. The molecule has 19 heavy (non-hydrogen) atoms. The van der Waals surface area contributed by atoms with E-state index >= 15 is 0 Å². The van der Waals surface area contributed by atoms with Gasteiger partial charge in [0.2, 0.25) is 0 Å². The molecule has 0 saturated heterocycles. The molecule has 0 aliphatic rings. The molecule has 3 nitrogen and oxygen atoms in total. The maximum absolute atomic E-state index is 9.52. The van der Waals surface area contributed by atoms with E-state index in [0.29, 0.717) is 12.5 Å². The Labute approximate surface area is 117 Å². The predicted molar refractivity (Wildman–Crippen MR) is 82.7 cm³/mol. The molecule has 1 atom stereocenters. The SMILES string of the molecule is Cc1ccc(N(C)CC(C)O)c(CNCC(C)C)c1. The number of rotatable bonds is 7. The Morgan fingerprint density at radius 3 is 2.53 bits per heavy atom. The normalized spacial score (nSPS) is 12.8. The number of anilines is 1. The van der Waals surface area contributed by atoms with Gasteiger partial charge >= 0.3 is 0 Å². The largest absolute Gasteiger partial charge is 0.392 e. The number of likely N-dealkylation sites (N-methyl/N-ethyl adjacent to an activating group) is 1. The van der Waals surface area contributed by atoms with E-state index in [0.717, 1.165) is 13.1 Å². The van der Waals surface area contributed by atoms with E-state index in [1.165, 1.54) is 16.8 Å². The van der Waals surface area contributed by atoms with E-state index in [1.54, 1.807) is 0 Å². The van der Waals surface area contributed by atoms with E-state index in [1.807, 2.05) is 14.0 Å². The van der Waals surface area contributed by atoms with Gasteiger partial charge in [-0.25, -0.2) is 0 Å². The van der Waals surface area contributed by atoms with Crippen LogP contribution in [-0.4, -0.2) is 31.3 Å². The smallest absolute Gasteiger partial charge is 0.0686 e. The Kier molecular flexibility index (Phi) is 6.32. The van der Waals surface area contributed by atoms with Crippen molar-refractivity contribution in [2.75, 3.05) is 25.0 Å². The van der Waals surface area contributed by atoms with Crippen LogP contribution < -0.4 is 10.2 Å². The third-order valence-electron chi connectivity index (χ3n) is 3.05. The molecule has 1 aromatic carbocycles. The predicted octanol–water partition coefficient (Wildman–Crippen LogP) is 2.56. The van der Waals surface area contributed by atoms with Crippen LogP contribution in [0.15, 0.2) is 18.2 Å². The zero-order valence-corrected chi connectivity index (χ0v) is 12.9. The minimum Gasteiger partial charge on any atom is -0.392 e. The molecular weight excluding hydrogens is 236 g/mol. The molecule has 2 N–H and O–H groups in total. The van der Waals surface area contributed by atoms with Gasteiger partial charge in [-0.3, -0.25) is 0 Å². The number of hydrogen-bond donors (Lipinski definition) is 2. The number of aryl methyl sites for hydroxylation is 1. The average Bonchev–Trinajstić information content (AvgIpc) is 2.27. The zero-order chi connectivity index (χ0) is 14.4. The van der Waals surface area contributed by atoms with Gasteiger partial charge in [-0.2, -0.15) is 0 Å². The fourth-order valence-electron chi connectivity index (χ4n) is 2.22. The molecule has 0 bridgehead atoms. The van der Waals surface area contributed by atoms with Crippen molar-refractivity contribution < 1.29 is 5.11 Å². The molecule has 0 saturated carbocycles. The van der Waals surface area contributed by atoms with Crippen LogP contribution in [0.3, 0.4) is 0 Å². The summed E-state index contributed by atoms with van der Waals surface area (Å²) < 4.78 is 0. The van der Waals surface area contributed by atoms with E-state index in [2.05, 4.69) is 49.2 Å². The number of benzene rings is 1. The molecule has 0 radical (unpaired) electrons. The zero-order valence-electron chi connectivity index (χ0n) is 12.9. The molecule has 108 valence electrons. The quantitative estimate of drug-likeness (QED) is 0.794. The van der Waals surface area contributed by atoms with Crippen LogP contribution in [0.5, 0.6) is 0 Å². The number of aliphatic hydroxyl groups excluding tert-OH is 1. The molecule has 0 fully saturated rings. The van der Waals surface area contributed by atoms with Crippen molar-refractivity contribution in [3.63, 3.8) is 0 Å². The van der Waals surface area contributed by atoms with Gasteiger partial charge in [0.1, 0.15) is 0 Å². The second kappa shape index (κ2) is 7.51. The molecule has 0 heterocycles. The molecule has 0 aliphatic heterocycles. The second-order valence-corrected chi connectivity index (χ2v) is 5.89. The van der Waals surface area contributed by atoms with Crippen molar-refractivity contribution in [1.82, 2.24) is 5.32 Å². The summed E-state index contributed by atoms with van der Waals surface area (Å²) in [4.78, 5) is 2.12. The van der Waals surface area contributed by atoms with Gasteiger partial charge in [-0.1, -0.05) is 31.5 Å². The van der Waals surface area contributed by atoms with E-state index < -0.39 is 0 Å². The Hall–Kier alpha value is -1.06. The topological polar surface area (TPSA) is 35.5 Å². The molecule has 0 spiro atoms. The summed E-state index contributed by atoms with van der Waals surface area (Å²) in [5.41, 5.74) is 3.77. The standard InChI is InChI=1S/C16H28N2O/c1-12(2)9-17-10-15-8-13(3)6-7-16(15)18(5)11-14(4)19/h6-8,12,14,17,19H,9-11H2,1-5H3. The summed E-state index contributed by atoms with van der Waals surface area (Å²) in [5.74, 6) is 0.656. The Morgan fingerprint density at radius 1 is 1.26 bits per heavy atom. The van der Waals surface area contributed by atoms with Crippen molar-refractivity contribution in [2.24, 2.45) is 5.92 Å². The van der Waals surface area contributed by atoms with Crippen LogP contribution in [0.1, 0.15) is 31.9 Å². The number of nitrogens with one attached hydrogen (secondary N) is 1. The summed E-state index contributed by atoms with van der Waals surface area (Å²) in [6.45, 7) is 10.9. The van der Waals surface area contributed by atoms with Gasteiger partial charge in [0, 0.05) is 25.8 Å². The van der Waals surface area contributed by atoms with Gasteiger partial charge in [0.15, 0.2) is 0 Å². The second-order valence-electron chi connectivity index (χ2n) is 5.89. The number of nitrogens with zero attached hydrogens (tertiary/aromatic N) is 1. The first-order valence-corrected chi connectivity index (χ1v) is 7.09. The van der Waals surface area contributed by atoms with E-state index in [9.17, 15) is 5.11 Å². The summed E-state index contributed by atoms with van der Waals surface area (Å²) in [7, 11) is 2.03. The molecule has 0 amide bonds. The van der Waals surface area contributed by atoms with Crippen LogP contribution in [-0.2, 0) is 6.54 Å². The molecule has 1 aromatic rings. The average molecular weight is 264 g/mol. The third-order valence-corrected chi connectivity index (χ3v) is 3.05. The van der Waals surface area contributed by atoms with Crippen molar-refractivity contribution in [1.29, 1.82) is 0 Å². The molecule has 0 aromatic heterocycles. The van der Waals surface area contributed by atoms with Crippen molar-refractivity contribution >= 4 is 5.69 Å². The summed E-state index contributed by atoms with van der Waals surface area (Å²) >= 11 is 0. The molecule has 3 heteroatoms. The van der Waals surface area contributed by atoms with Gasteiger partial charge in [-0.05, 0) is 37.9 Å². The monoisotopic (exact) mass is 264 g/mol. The van der Waals surface area contributed by atoms with Gasteiger partial charge in [0.05, 0.1) is 6.10 Å². The number of hydrogen-bond acceptors (Lipinski definition) is 3. The maximum Gasteiger partial charge on any atom is 0.0686 e. The van der Waals surface area contributed by atoms with Gasteiger partial charge in [0.25, 0.3) is 0 Å². The fourth-order valence-corrected chi connectivity index (χ4v) is 2.22. The van der Waals surface area contributed by atoms with E-state index in [4.69, 9.17) is 0 Å². The summed E-state index contributed by atoms with van der Waals surface area (Å²) in [6, 6.07) is 6.49. The lowest BCUT2D eigenvalue weighted by Gasteiger charge is -2.24. The summed E-state index contributed by atoms with van der Waals surface area (Å²) in [6.07, 6.45) is -0.317. The Morgan fingerprint density at radius 2 is 1.95 bits per heavy atom. The molecule has 1 rings (SSSR count). The lowest BCUT2D eigenvalue weighted by molar-refractivity contribution is 0.201. The van der Waals surface area contributed by atoms with Crippen LogP contribution in [0.4, 0.5) is 5.69 Å². The van der Waals surface area contributed by atoms with Crippen LogP contribution in [0, 0.1) is 12.8 Å². The minimum absolute atomic E-state index is 0.317. The van der Waals surface area contributed by atoms with E-state index in [-0.39, 0.29) is 6.10 Å². The first kappa shape index (κ1) is 16.0. The summed E-state index contributed by atoms with van der Waals surface area (Å²) in [5, 5.41) is 13.0. The fraction of sp³-hybridized carbons (Fsp3) is 0.625. The molecule has 1 unspecified atom stereocenters. The third kappa shape index (κ3) is 5.62. The highest BCUT2D eigenvalue weighted by atomic mass is 16.3. The molecular formula is C16H28N2O.